The van der Waals surface area contributed by atoms with Gasteiger partial charge in [-0.25, -0.2) is 0 Å². The molecule has 27 heavy (non-hydrogen) atoms. The van der Waals surface area contributed by atoms with E-state index >= 15 is 0 Å². The molecule has 0 saturated carbocycles. The molecule has 0 atom stereocenters. The van der Waals surface area contributed by atoms with Gasteiger partial charge in [0.05, 0.1) is 0 Å². The van der Waals surface area contributed by atoms with Gasteiger partial charge in [-0.3, -0.25) is 0 Å². The summed E-state index contributed by atoms with van der Waals surface area (Å²) in [6, 6.07) is 22.4. The molecule has 3 rings (SSSR count). The summed E-state index contributed by atoms with van der Waals surface area (Å²) in [5, 5.41) is 4.48. The number of benzene rings is 2. The molecular weight excluding hydrogens is 358 g/mol. The van der Waals surface area contributed by atoms with Crippen molar-refractivity contribution in [3.63, 3.8) is 0 Å². The minimum Gasteiger partial charge on any atom is -0.349 e. The van der Waals surface area contributed by atoms with Gasteiger partial charge >= 0.3 is 0 Å². The highest BCUT2D eigenvalue weighted by Gasteiger charge is 2.46. The SMILES string of the molecule is CC(C)(C)C1=C([Si](N[Si](C)(C)C)(c2ccccc2)c2ccccc2)C=CC1. The van der Waals surface area contributed by atoms with Crippen molar-refractivity contribution >= 4 is 26.8 Å². The summed E-state index contributed by atoms with van der Waals surface area (Å²) in [7, 11) is -3.89. The Labute approximate surface area is 167 Å². The molecule has 1 aliphatic rings. The van der Waals surface area contributed by atoms with Crippen LogP contribution in [0.2, 0.25) is 19.6 Å². The fourth-order valence-corrected chi connectivity index (χ4v) is 14.0. The molecule has 0 heterocycles. The molecule has 3 heteroatoms. The molecule has 0 bridgehead atoms. The molecule has 142 valence electrons. The first-order chi connectivity index (χ1) is 12.6. The second-order valence-electron chi connectivity index (χ2n) is 9.61. The number of hydrogen-bond acceptors (Lipinski definition) is 1. The lowest BCUT2D eigenvalue weighted by atomic mass is 9.86. The molecule has 0 fully saturated rings. The molecule has 0 spiro atoms. The molecule has 1 nitrogen and oxygen atoms in total. The Bertz CT molecular complexity index is 798. The van der Waals surface area contributed by atoms with Crippen LogP contribution in [-0.2, 0) is 0 Å². The highest BCUT2D eigenvalue weighted by molar-refractivity contribution is 7.11. The molecular formula is C24H33NSi2. The van der Waals surface area contributed by atoms with Gasteiger partial charge in [0.1, 0.15) is 8.24 Å². The van der Waals surface area contributed by atoms with E-state index in [1.54, 1.807) is 10.8 Å². The lowest BCUT2D eigenvalue weighted by Gasteiger charge is -2.42. The first-order valence-corrected chi connectivity index (χ1v) is 15.5. The summed E-state index contributed by atoms with van der Waals surface area (Å²) < 4.78 is 4.31. The number of rotatable bonds is 5. The third-order valence-corrected chi connectivity index (χ3v) is 13.4. The van der Waals surface area contributed by atoms with Crippen LogP contribution in [0.15, 0.2) is 83.6 Å². The molecule has 0 saturated heterocycles. The number of hydrogen-bond donors (Lipinski definition) is 1. The zero-order valence-corrected chi connectivity index (χ0v) is 19.6. The van der Waals surface area contributed by atoms with Crippen molar-refractivity contribution in [3.05, 3.63) is 83.6 Å². The molecule has 2 aromatic carbocycles. The maximum absolute atomic E-state index is 4.31. The Morgan fingerprint density at radius 2 is 1.26 bits per heavy atom. The maximum Gasteiger partial charge on any atom is 0.215 e. The van der Waals surface area contributed by atoms with Crippen molar-refractivity contribution in [2.75, 3.05) is 0 Å². The average Bonchev–Trinajstić information content (AvgIpc) is 3.11. The van der Waals surface area contributed by atoms with Crippen LogP contribution in [0.25, 0.3) is 0 Å². The lowest BCUT2D eigenvalue weighted by Crippen LogP contribution is -2.75. The van der Waals surface area contributed by atoms with Crippen LogP contribution >= 0.6 is 0 Å². The van der Waals surface area contributed by atoms with Gasteiger partial charge in [0, 0.05) is 0 Å². The molecule has 0 radical (unpaired) electrons. The zero-order chi connectivity index (χ0) is 19.7. The Morgan fingerprint density at radius 3 is 1.67 bits per heavy atom. The van der Waals surface area contributed by atoms with Gasteiger partial charge in [-0.2, -0.15) is 0 Å². The Balaban J connectivity index is 2.39. The van der Waals surface area contributed by atoms with Gasteiger partial charge in [0.2, 0.25) is 8.24 Å². The third-order valence-electron chi connectivity index (χ3n) is 5.22. The summed E-state index contributed by atoms with van der Waals surface area (Å²) in [6.07, 6.45) is 5.87. The van der Waals surface area contributed by atoms with E-state index in [2.05, 4.69) is 118 Å². The van der Waals surface area contributed by atoms with Crippen LogP contribution in [0.5, 0.6) is 0 Å². The monoisotopic (exact) mass is 391 g/mol. The second kappa shape index (κ2) is 7.38. The van der Waals surface area contributed by atoms with E-state index in [9.17, 15) is 0 Å². The largest absolute Gasteiger partial charge is 0.349 e. The topological polar surface area (TPSA) is 12.0 Å². The fraction of sp³-hybridized carbons (Fsp3) is 0.333. The fourth-order valence-electron chi connectivity index (χ4n) is 4.19. The van der Waals surface area contributed by atoms with Gasteiger partial charge in [0.15, 0.2) is 0 Å². The highest BCUT2D eigenvalue weighted by atomic mass is 28.4. The zero-order valence-electron chi connectivity index (χ0n) is 17.6. The molecule has 0 unspecified atom stereocenters. The van der Waals surface area contributed by atoms with Crippen molar-refractivity contribution in [1.82, 2.24) is 4.65 Å². The quantitative estimate of drug-likeness (QED) is 0.706. The summed E-state index contributed by atoms with van der Waals surface area (Å²) in [5.74, 6) is 0. The van der Waals surface area contributed by atoms with E-state index in [0.29, 0.717) is 0 Å². The molecule has 1 N–H and O–H groups in total. The van der Waals surface area contributed by atoms with Crippen LogP contribution < -0.4 is 15.0 Å². The van der Waals surface area contributed by atoms with Crippen molar-refractivity contribution in [3.8, 4) is 0 Å². The highest BCUT2D eigenvalue weighted by Crippen LogP contribution is 2.38. The molecule has 2 aromatic rings. The molecule has 0 aliphatic heterocycles. The number of allylic oxidation sites excluding steroid dienone is 4. The van der Waals surface area contributed by atoms with Gasteiger partial charge in [-0.15, -0.1) is 0 Å². The Hall–Kier alpha value is -1.69. The first kappa shape index (κ1) is 20.1. The number of nitrogens with one attached hydrogen (secondary N) is 1. The van der Waals surface area contributed by atoms with Gasteiger partial charge in [-0.05, 0) is 27.4 Å². The summed E-state index contributed by atoms with van der Waals surface area (Å²) >= 11 is 0. The molecule has 0 amide bonds. The second-order valence-corrected chi connectivity index (χ2v) is 18.3. The average molecular weight is 392 g/mol. The third kappa shape index (κ3) is 4.10. The van der Waals surface area contributed by atoms with E-state index in [4.69, 9.17) is 0 Å². The minimum atomic E-state index is -2.32. The lowest BCUT2D eigenvalue weighted by molar-refractivity contribution is 0.495. The van der Waals surface area contributed by atoms with E-state index in [1.165, 1.54) is 10.4 Å². The van der Waals surface area contributed by atoms with Crippen molar-refractivity contribution in [2.24, 2.45) is 5.41 Å². The standard InChI is InChI=1S/C24H33NSi2/c1-24(2,3)22-18-13-19-23(22)27(25-26(4,5)6,20-14-9-7-10-15-20)21-16-11-8-12-17-21/h7-17,19,25H,18H2,1-6H3. The predicted octanol–water partition coefficient (Wildman–Crippen LogP) is 5.01. The van der Waals surface area contributed by atoms with E-state index < -0.39 is 16.5 Å². The van der Waals surface area contributed by atoms with E-state index in [-0.39, 0.29) is 5.41 Å². The first-order valence-electron chi connectivity index (χ1n) is 9.96. The summed E-state index contributed by atoms with van der Waals surface area (Å²) in [4.78, 5) is 0. The summed E-state index contributed by atoms with van der Waals surface area (Å²) in [5.41, 5.74) is 1.76. The van der Waals surface area contributed by atoms with Gasteiger partial charge < -0.3 is 4.65 Å². The normalized spacial score (nSPS) is 15.5. The van der Waals surface area contributed by atoms with Crippen LogP contribution in [0, 0.1) is 5.41 Å². The molecule has 0 aromatic heterocycles. The summed E-state index contributed by atoms with van der Waals surface area (Å²) in [6.45, 7) is 14.4. The Kier molecular flexibility index (Phi) is 5.48. The maximum atomic E-state index is 4.31. The van der Waals surface area contributed by atoms with Crippen molar-refractivity contribution in [2.45, 2.75) is 46.8 Å². The van der Waals surface area contributed by atoms with Gasteiger partial charge in [-0.1, -0.05) is 119 Å². The van der Waals surface area contributed by atoms with Crippen LogP contribution in [0.1, 0.15) is 27.2 Å². The van der Waals surface area contributed by atoms with Crippen LogP contribution in [-0.4, -0.2) is 16.5 Å². The van der Waals surface area contributed by atoms with E-state index in [1.807, 2.05) is 0 Å². The van der Waals surface area contributed by atoms with Gasteiger partial charge in [0.25, 0.3) is 0 Å². The van der Waals surface area contributed by atoms with Crippen LogP contribution in [0.3, 0.4) is 0 Å². The van der Waals surface area contributed by atoms with E-state index in [0.717, 1.165) is 6.42 Å². The predicted molar refractivity (Wildman–Crippen MR) is 125 cm³/mol. The van der Waals surface area contributed by atoms with Crippen molar-refractivity contribution < 1.29 is 0 Å². The Morgan fingerprint density at radius 1 is 0.778 bits per heavy atom. The molecule has 1 aliphatic carbocycles. The minimum absolute atomic E-state index is 0.168. The smallest absolute Gasteiger partial charge is 0.215 e. The van der Waals surface area contributed by atoms with Crippen LogP contribution in [0.4, 0.5) is 0 Å². The van der Waals surface area contributed by atoms with Crippen molar-refractivity contribution in [1.29, 1.82) is 0 Å².